The van der Waals surface area contributed by atoms with Gasteiger partial charge in [-0.2, -0.15) is 24.5 Å². The molecule has 0 unspecified atom stereocenters. The van der Waals surface area contributed by atoms with E-state index in [9.17, 15) is 8.42 Å². The average molecular weight is 392 g/mol. The zero-order chi connectivity index (χ0) is 18.2. The fourth-order valence-corrected chi connectivity index (χ4v) is 6.43. The molecule has 2 bridgehead atoms. The van der Waals surface area contributed by atoms with Gasteiger partial charge in [0, 0.05) is 57.4 Å². The standard InChI is InChI=1S/C17H33N3O3S2/c1-5-19(4)25(21,22)18-10-14-15-11-20(8-9-24-13(2)3)12-17(15)7-6-16(14)23-17/h13-16,18H,5-12H2,1-4H3/t14-,15+,16+,17+/m0/s1. The van der Waals surface area contributed by atoms with Crippen LogP contribution in [0.5, 0.6) is 0 Å². The van der Waals surface area contributed by atoms with Gasteiger partial charge >= 0.3 is 0 Å². The molecule has 0 amide bonds. The summed E-state index contributed by atoms with van der Waals surface area (Å²) in [6, 6.07) is 0. The Hall–Kier alpha value is 0.140. The molecule has 3 aliphatic rings. The molecule has 3 heterocycles. The van der Waals surface area contributed by atoms with E-state index in [2.05, 4.69) is 23.5 Å². The highest BCUT2D eigenvalue weighted by atomic mass is 32.2. The highest BCUT2D eigenvalue weighted by Gasteiger charge is 2.62. The van der Waals surface area contributed by atoms with Crippen LogP contribution in [0, 0.1) is 11.8 Å². The molecule has 1 spiro atoms. The van der Waals surface area contributed by atoms with Crippen LogP contribution >= 0.6 is 11.8 Å². The zero-order valence-corrected chi connectivity index (χ0v) is 17.5. The molecule has 1 N–H and O–H groups in total. The van der Waals surface area contributed by atoms with E-state index in [0.717, 1.165) is 38.2 Å². The molecular formula is C17H33N3O3S2. The Morgan fingerprint density at radius 1 is 1.44 bits per heavy atom. The summed E-state index contributed by atoms with van der Waals surface area (Å²) in [6.45, 7) is 10.5. The molecule has 3 saturated heterocycles. The summed E-state index contributed by atoms with van der Waals surface area (Å²) in [4.78, 5) is 2.53. The van der Waals surface area contributed by atoms with Crippen LogP contribution in [-0.2, 0) is 14.9 Å². The molecule has 0 aromatic heterocycles. The molecule has 3 rings (SSSR count). The second-order valence-electron chi connectivity index (χ2n) is 7.95. The zero-order valence-electron chi connectivity index (χ0n) is 15.9. The summed E-state index contributed by atoms with van der Waals surface area (Å²) < 4.78 is 35.1. The van der Waals surface area contributed by atoms with E-state index in [1.807, 2.05) is 18.7 Å². The maximum atomic E-state index is 12.2. The normalized spacial score (nSPS) is 35.2. The first kappa shape index (κ1) is 19.9. The molecule has 8 heteroatoms. The van der Waals surface area contributed by atoms with Crippen molar-refractivity contribution in [3.8, 4) is 0 Å². The summed E-state index contributed by atoms with van der Waals surface area (Å²) in [5, 5.41) is 0.671. The van der Waals surface area contributed by atoms with Crippen molar-refractivity contribution in [2.24, 2.45) is 11.8 Å². The van der Waals surface area contributed by atoms with Gasteiger partial charge < -0.3 is 4.74 Å². The van der Waals surface area contributed by atoms with Crippen LogP contribution < -0.4 is 4.72 Å². The third kappa shape index (κ3) is 4.04. The molecule has 4 atom stereocenters. The average Bonchev–Trinajstić information content (AvgIpc) is 3.19. The molecule has 0 aromatic rings. The van der Waals surface area contributed by atoms with Crippen LogP contribution in [0.3, 0.4) is 0 Å². The Labute approximate surface area is 157 Å². The molecule has 3 fully saturated rings. The minimum absolute atomic E-state index is 0.0140. The van der Waals surface area contributed by atoms with Crippen molar-refractivity contribution in [2.45, 2.75) is 50.6 Å². The van der Waals surface area contributed by atoms with E-state index in [4.69, 9.17) is 4.74 Å². The van der Waals surface area contributed by atoms with Crippen molar-refractivity contribution in [1.82, 2.24) is 13.9 Å². The van der Waals surface area contributed by atoms with Gasteiger partial charge in [-0.25, -0.2) is 4.72 Å². The van der Waals surface area contributed by atoms with Crippen LogP contribution in [0.1, 0.15) is 33.6 Å². The van der Waals surface area contributed by atoms with Gasteiger partial charge in [0.1, 0.15) is 0 Å². The van der Waals surface area contributed by atoms with Crippen molar-refractivity contribution < 1.29 is 13.2 Å². The van der Waals surface area contributed by atoms with E-state index in [1.165, 1.54) is 4.31 Å². The van der Waals surface area contributed by atoms with Crippen LogP contribution in [0.4, 0.5) is 0 Å². The predicted octanol–water partition coefficient (Wildman–Crippen LogP) is 1.39. The quantitative estimate of drug-likeness (QED) is 0.644. The van der Waals surface area contributed by atoms with Crippen LogP contribution in [0.15, 0.2) is 0 Å². The topological polar surface area (TPSA) is 61.9 Å². The Bertz CT molecular complexity index is 571. The molecule has 0 aromatic carbocycles. The molecule has 25 heavy (non-hydrogen) atoms. The summed E-state index contributed by atoms with van der Waals surface area (Å²) in [7, 11) is -1.76. The van der Waals surface area contributed by atoms with Gasteiger partial charge in [0.15, 0.2) is 0 Å². The van der Waals surface area contributed by atoms with Crippen LogP contribution in [0.25, 0.3) is 0 Å². The third-order valence-electron chi connectivity index (χ3n) is 6.07. The Morgan fingerprint density at radius 2 is 2.20 bits per heavy atom. The minimum Gasteiger partial charge on any atom is -0.370 e. The molecule has 0 saturated carbocycles. The third-order valence-corrected chi connectivity index (χ3v) is 8.77. The Balaban J connectivity index is 1.58. The van der Waals surface area contributed by atoms with E-state index in [1.54, 1.807) is 7.05 Å². The predicted molar refractivity (Wildman–Crippen MR) is 103 cm³/mol. The van der Waals surface area contributed by atoms with Gasteiger partial charge in [-0.1, -0.05) is 20.8 Å². The maximum absolute atomic E-state index is 12.2. The lowest BCUT2D eigenvalue weighted by Gasteiger charge is -2.30. The monoisotopic (exact) mass is 391 g/mol. The van der Waals surface area contributed by atoms with Crippen molar-refractivity contribution in [3.63, 3.8) is 0 Å². The number of hydrogen-bond donors (Lipinski definition) is 1. The first-order chi connectivity index (χ1) is 11.8. The molecule has 0 radical (unpaired) electrons. The summed E-state index contributed by atoms with van der Waals surface area (Å²) in [5.74, 6) is 1.92. The highest BCUT2D eigenvalue weighted by Crippen LogP contribution is 2.54. The van der Waals surface area contributed by atoms with Crippen molar-refractivity contribution in [1.29, 1.82) is 0 Å². The SMILES string of the molecule is CCN(C)S(=O)(=O)NC[C@H]1[C@H]2CN(CCSC(C)C)C[C@]23CC[C@H]1O3. The van der Waals surface area contributed by atoms with Gasteiger partial charge in [0.25, 0.3) is 10.2 Å². The number of nitrogens with zero attached hydrogens (tertiary/aromatic N) is 2. The van der Waals surface area contributed by atoms with E-state index < -0.39 is 10.2 Å². The first-order valence-electron chi connectivity index (χ1n) is 9.50. The lowest BCUT2D eigenvalue weighted by atomic mass is 9.74. The number of nitrogens with one attached hydrogen (secondary N) is 1. The van der Waals surface area contributed by atoms with Gasteiger partial charge in [-0.05, 0) is 18.1 Å². The summed E-state index contributed by atoms with van der Waals surface area (Å²) in [5.41, 5.74) is -0.0140. The van der Waals surface area contributed by atoms with Crippen molar-refractivity contribution in [3.05, 3.63) is 0 Å². The van der Waals surface area contributed by atoms with Crippen LogP contribution in [-0.4, -0.2) is 80.1 Å². The number of hydrogen-bond acceptors (Lipinski definition) is 5. The summed E-state index contributed by atoms with van der Waals surface area (Å²) in [6.07, 6.45) is 2.43. The first-order valence-corrected chi connectivity index (χ1v) is 12.0. The molecule has 146 valence electrons. The second kappa shape index (κ2) is 7.64. The maximum Gasteiger partial charge on any atom is 0.279 e. The Kier molecular flexibility index (Phi) is 6.08. The van der Waals surface area contributed by atoms with E-state index >= 15 is 0 Å². The van der Waals surface area contributed by atoms with Crippen LogP contribution in [0.2, 0.25) is 0 Å². The largest absolute Gasteiger partial charge is 0.370 e. The smallest absolute Gasteiger partial charge is 0.279 e. The highest BCUT2D eigenvalue weighted by molar-refractivity contribution is 7.99. The van der Waals surface area contributed by atoms with Gasteiger partial charge in [-0.3, -0.25) is 4.90 Å². The fraction of sp³-hybridized carbons (Fsp3) is 1.00. The van der Waals surface area contributed by atoms with Gasteiger partial charge in [0.2, 0.25) is 0 Å². The molecule has 3 aliphatic heterocycles. The van der Waals surface area contributed by atoms with E-state index in [-0.39, 0.29) is 11.7 Å². The van der Waals surface area contributed by atoms with Gasteiger partial charge in [0.05, 0.1) is 11.7 Å². The summed E-state index contributed by atoms with van der Waals surface area (Å²) >= 11 is 2.00. The molecular weight excluding hydrogens is 358 g/mol. The number of rotatable bonds is 9. The van der Waals surface area contributed by atoms with Crippen molar-refractivity contribution in [2.75, 3.05) is 45.5 Å². The fourth-order valence-electron chi connectivity index (χ4n) is 4.63. The number of thioether (sulfide) groups is 1. The van der Waals surface area contributed by atoms with Crippen molar-refractivity contribution >= 4 is 22.0 Å². The molecule has 0 aliphatic carbocycles. The van der Waals surface area contributed by atoms with E-state index in [0.29, 0.717) is 30.2 Å². The number of ether oxygens (including phenoxy) is 1. The lowest BCUT2D eigenvalue weighted by Crippen LogP contribution is -2.45. The lowest BCUT2D eigenvalue weighted by molar-refractivity contribution is 0.00333. The minimum atomic E-state index is -3.37. The number of fused-ring (bicyclic) bond motifs is 1. The molecule has 6 nitrogen and oxygen atoms in total. The van der Waals surface area contributed by atoms with Gasteiger partial charge in [-0.15, -0.1) is 0 Å². The number of likely N-dealkylation sites (tertiary alicyclic amines) is 1. The second-order valence-corrected chi connectivity index (χ2v) is 11.5. The Morgan fingerprint density at radius 3 is 2.88 bits per heavy atom.